The number of methoxy groups -OCH3 is 1. The number of hydrogen-bond acceptors (Lipinski definition) is 5. The highest BCUT2D eigenvalue weighted by Gasteiger charge is 2.21. The Morgan fingerprint density at radius 1 is 1.12 bits per heavy atom. The fourth-order valence-electron chi connectivity index (χ4n) is 2.46. The summed E-state index contributed by atoms with van der Waals surface area (Å²) in [5.41, 5.74) is 2.69. The summed E-state index contributed by atoms with van der Waals surface area (Å²) in [6, 6.07) is 12.8. The van der Waals surface area contributed by atoms with Gasteiger partial charge in [0.1, 0.15) is 16.5 Å². The molecule has 0 aliphatic rings. The largest absolute Gasteiger partial charge is 0.495 e. The third-order valence-corrected chi connectivity index (χ3v) is 5.49. The Bertz CT molecular complexity index is 1010. The molecule has 0 saturated heterocycles. The Hall–Kier alpha value is -2.71. The molecule has 0 atom stereocenters. The standard InChI is InChI=1S/C18H20N4O3S/c1-12-9-15(25-3)16(10-13(12)2)26(23,24)19-11-17-20-18(22-21-17)14-7-5-4-6-8-14/h4-10,19H,11H2,1-3H3,(H,20,21,22). The lowest BCUT2D eigenvalue weighted by Crippen LogP contribution is -2.24. The van der Waals surface area contributed by atoms with Crippen LogP contribution < -0.4 is 9.46 Å². The molecule has 0 fully saturated rings. The summed E-state index contributed by atoms with van der Waals surface area (Å²) in [7, 11) is -2.31. The molecule has 2 aromatic carbocycles. The molecule has 0 aliphatic heterocycles. The second-order valence-electron chi connectivity index (χ2n) is 5.88. The van der Waals surface area contributed by atoms with Gasteiger partial charge in [0.2, 0.25) is 10.0 Å². The van der Waals surface area contributed by atoms with Gasteiger partial charge in [0.15, 0.2) is 5.82 Å². The zero-order valence-electron chi connectivity index (χ0n) is 14.8. The first-order valence-electron chi connectivity index (χ1n) is 8.02. The first-order chi connectivity index (χ1) is 12.4. The summed E-state index contributed by atoms with van der Waals surface area (Å²) in [6.07, 6.45) is 0. The van der Waals surface area contributed by atoms with Crippen LogP contribution in [0.5, 0.6) is 5.75 Å². The maximum Gasteiger partial charge on any atom is 0.244 e. The van der Waals surface area contributed by atoms with Gasteiger partial charge in [-0.2, -0.15) is 5.10 Å². The Morgan fingerprint density at radius 2 is 1.81 bits per heavy atom. The van der Waals surface area contributed by atoms with Gasteiger partial charge in [-0.15, -0.1) is 0 Å². The van der Waals surface area contributed by atoms with Crippen molar-refractivity contribution in [3.05, 3.63) is 59.4 Å². The molecule has 8 heteroatoms. The van der Waals surface area contributed by atoms with Gasteiger partial charge in [-0.25, -0.2) is 18.1 Å². The lowest BCUT2D eigenvalue weighted by atomic mass is 10.1. The molecule has 3 rings (SSSR count). The molecule has 2 N–H and O–H groups in total. The predicted octanol–water partition coefficient (Wildman–Crippen LogP) is 2.58. The van der Waals surface area contributed by atoms with E-state index in [-0.39, 0.29) is 11.4 Å². The van der Waals surface area contributed by atoms with Crippen LogP contribution in [-0.2, 0) is 16.6 Å². The quantitative estimate of drug-likeness (QED) is 0.693. The Kier molecular flexibility index (Phi) is 5.06. The number of aryl methyl sites for hydroxylation is 2. The molecule has 1 aromatic heterocycles. The number of aromatic amines is 1. The van der Waals surface area contributed by atoms with Crippen LogP contribution in [0.1, 0.15) is 17.0 Å². The molecule has 0 spiro atoms. The molecular weight excluding hydrogens is 352 g/mol. The van der Waals surface area contributed by atoms with Gasteiger partial charge < -0.3 is 4.74 Å². The van der Waals surface area contributed by atoms with Crippen molar-refractivity contribution in [3.8, 4) is 17.1 Å². The third-order valence-electron chi connectivity index (χ3n) is 4.06. The number of benzene rings is 2. The normalized spacial score (nSPS) is 11.5. The van der Waals surface area contributed by atoms with Crippen molar-refractivity contribution in [2.24, 2.45) is 0 Å². The van der Waals surface area contributed by atoms with Crippen LogP contribution in [0.4, 0.5) is 0 Å². The number of rotatable bonds is 6. The van der Waals surface area contributed by atoms with Crippen molar-refractivity contribution in [2.75, 3.05) is 7.11 Å². The molecule has 0 saturated carbocycles. The second kappa shape index (κ2) is 7.27. The van der Waals surface area contributed by atoms with Gasteiger partial charge in [-0.3, -0.25) is 5.10 Å². The van der Waals surface area contributed by atoms with Crippen molar-refractivity contribution in [3.63, 3.8) is 0 Å². The summed E-state index contributed by atoms with van der Waals surface area (Å²) in [6.45, 7) is 3.76. The van der Waals surface area contributed by atoms with E-state index in [1.807, 2.05) is 44.2 Å². The van der Waals surface area contributed by atoms with Crippen LogP contribution in [-0.4, -0.2) is 30.7 Å². The summed E-state index contributed by atoms with van der Waals surface area (Å²) in [5, 5.41) is 6.88. The van der Waals surface area contributed by atoms with E-state index < -0.39 is 10.0 Å². The molecule has 26 heavy (non-hydrogen) atoms. The number of nitrogens with zero attached hydrogens (tertiary/aromatic N) is 2. The van der Waals surface area contributed by atoms with Gasteiger partial charge in [-0.1, -0.05) is 30.3 Å². The highest BCUT2D eigenvalue weighted by molar-refractivity contribution is 7.89. The fourth-order valence-corrected chi connectivity index (χ4v) is 3.69. The molecule has 0 bridgehead atoms. The minimum absolute atomic E-state index is 0.00174. The number of nitrogens with one attached hydrogen (secondary N) is 2. The molecule has 0 radical (unpaired) electrons. The van der Waals surface area contributed by atoms with Gasteiger partial charge >= 0.3 is 0 Å². The number of aromatic nitrogens is 3. The average molecular weight is 372 g/mol. The van der Waals surface area contributed by atoms with Crippen LogP contribution in [0.15, 0.2) is 47.4 Å². The third kappa shape index (κ3) is 3.76. The van der Waals surface area contributed by atoms with Crippen molar-refractivity contribution in [2.45, 2.75) is 25.3 Å². The van der Waals surface area contributed by atoms with Crippen LogP contribution >= 0.6 is 0 Å². The van der Waals surface area contributed by atoms with Crippen LogP contribution in [0.3, 0.4) is 0 Å². The van der Waals surface area contributed by atoms with Gasteiger partial charge in [-0.05, 0) is 37.1 Å². The van der Waals surface area contributed by atoms with Crippen molar-refractivity contribution < 1.29 is 13.2 Å². The maximum absolute atomic E-state index is 12.7. The topological polar surface area (TPSA) is 97.0 Å². The molecule has 0 unspecified atom stereocenters. The summed E-state index contributed by atoms with van der Waals surface area (Å²) < 4.78 is 33.1. The lowest BCUT2D eigenvalue weighted by Gasteiger charge is -2.12. The van der Waals surface area contributed by atoms with E-state index in [1.165, 1.54) is 7.11 Å². The molecule has 7 nitrogen and oxygen atoms in total. The monoisotopic (exact) mass is 372 g/mol. The maximum atomic E-state index is 12.7. The number of sulfonamides is 1. The van der Waals surface area contributed by atoms with E-state index in [0.717, 1.165) is 16.7 Å². The van der Waals surface area contributed by atoms with E-state index in [0.29, 0.717) is 17.4 Å². The first kappa shape index (κ1) is 18.1. The molecule has 0 aliphatic carbocycles. The number of ether oxygens (including phenoxy) is 1. The molecule has 0 amide bonds. The summed E-state index contributed by atoms with van der Waals surface area (Å²) in [4.78, 5) is 4.43. The summed E-state index contributed by atoms with van der Waals surface area (Å²) in [5.74, 6) is 1.25. The number of H-pyrrole nitrogens is 1. The van der Waals surface area contributed by atoms with Gasteiger partial charge in [0, 0.05) is 5.56 Å². The van der Waals surface area contributed by atoms with Gasteiger partial charge in [0.25, 0.3) is 0 Å². The number of hydrogen-bond donors (Lipinski definition) is 2. The zero-order chi connectivity index (χ0) is 18.7. The molecular formula is C18H20N4O3S. The van der Waals surface area contributed by atoms with Crippen LogP contribution in [0.2, 0.25) is 0 Å². The first-order valence-corrected chi connectivity index (χ1v) is 9.50. The molecule has 1 heterocycles. The Labute approximate surface area is 152 Å². The van der Waals surface area contributed by atoms with Gasteiger partial charge in [0.05, 0.1) is 13.7 Å². The van der Waals surface area contributed by atoms with Crippen LogP contribution in [0.25, 0.3) is 11.4 Å². The molecule has 3 aromatic rings. The van der Waals surface area contributed by atoms with E-state index in [1.54, 1.807) is 12.1 Å². The Balaban J connectivity index is 1.79. The van der Waals surface area contributed by atoms with Crippen LogP contribution in [0, 0.1) is 13.8 Å². The second-order valence-corrected chi connectivity index (χ2v) is 7.62. The average Bonchev–Trinajstić information content (AvgIpc) is 3.12. The predicted molar refractivity (Wildman–Crippen MR) is 98.3 cm³/mol. The zero-order valence-corrected chi connectivity index (χ0v) is 15.6. The smallest absolute Gasteiger partial charge is 0.244 e. The minimum atomic E-state index is -3.76. The highest BCUT2D eigenvalue weighted by atomic mass is 32.2. The van der Waals surface area contributed by atoms with Crippen molar-refractivity contribution >= 4 is 10.0 Å². The fraction of sp³-hybridized carbons (Fsp3) is 0.222. The van der Waals surface area contributed by atoms with E-state index >= 15 is 0 Å². The van der Waals surface area contributed by atoms with Crippen molar-refractivity contribution in [1.29, 1.82) is 0 Å². The van der Waals surface area contributed by atoms with E-state index in [9.17, 15) is 8.42 Å². The lowest BCUT2D eigenvalue weighted by molar-refractivity contribution is 0.401. The van der Waals surface area contributed by atoms with E-state index in [2.05, 4.69) is 19.9 Å². The SMILES string of the molecule is COc1cc(C)c(C)cc1S(=O)(=O)NCc1nc(-c2ccccc2)n[nH]1. The Morgan fingerprint density at radius 3 is 2.50 bits per heavy atom. The van der Waals surface area contributed by atoms with Crippen molar-refractivity contribution in [1.82, 2.24) is 19.9 Å². The molecule has 136 valence electrons. The highest BCUT2D eigenvalue weighted by Crippen LogP contribution is 2.27. The van der Waals surface area contributed by atoms with E-state index in [4.69, 9.17) is 4.74 Å². The minimum Gasteiger partial charge on any atom is -0.495 e. The summed E-state index contributed by atoms with van der Waals surface area (Å²) >= 11 is 0.